The molecule has 5 rings (SSSR count). The number of nitrogens with zero attached hydrogens (tertiary/aromatic N) is 2. The summed E-state index contributed by atoms with van der Waals surface area (Å²) in [6.45, 7) is 3.48. The molecule has 0 bridgehead atoms. The third-order valence-electron chi connectivity index (χ3n) is 8.82. The average molecular weight is 637 g/mol. The summed E-state index contributed by atoms with van der Waals surface area (Å²) >= 11 is 0. The predicted molar refractivity (Wildman–Crippen MR) is 188 cm³/mol. The number of aromatic nitrogens is 2. The summed E-state index contributed by atoms with van der Waals surface area (Å²) in [4.78, 5) is 21.1. The number of allylic oxidation sites excluding steroid dienone is 4. The van der Waals surface area contributed by atoms with Crippen molar-refractivity contribution in [1.29, 1.82) is 0 Å². The molecule has 0 saturated carbocycles. The number of oxazole rings is 1. The average Bonchev–Trinajstić information content (AvgIpc) is 3.37. The summed E-state index contributed by atoms with van der Waals surface area (Å²) < 4.78 is 6.20. The van der Waals surface area contributed by atoms with Crippen LogP contribution in [0.1, 0.15) is 74.1 Å². The highest BCUT2D eigenvalue weighted by Crippen LogP contribution is 2.38. The fourth-order valence-electron chi connectivity index (χ4n) is 6.21. The number of rotatable bonds is 18. The number of hydrogen-bond donors (Lipinski definition) is 4. The molecule has 4 N–H and O–H groups in total. The van der Waals surface area contributed by atoms with Gasteiger partial charge in [0, 0.05) is 11.5 Å². The first-order valence-electron chi connectivity index (χ1n) is 16.9. The zero-order valence-electron chi connectivity index (χ0n) is 27.5. The second kappa shape index (κ2) is 17.1. The van der Waals surface area contributed by atoms with Gasteiger partial charge in [0.2, 0.25) is 11.4 Å². The first-order chi connectivity index (χ1) is 22.9. The van der Waals surface area contributed by atoms with Crippen LogP contribution in [0.15, 0.2) is 106 Å². The largest absolute Gasteiger partial charge is 0.506 e. The van der Waals surface area contributed by atoms with E-state index in [9.17, 15) is 15.0 Å². The minimum absolute atomic E-state index is 0.107. The van der Waals surface area contributed by atoms with E-state index in [2.05, 4.69) is 33.3 Å². The van der Waals surface area contributed by atoms with E-state index in [1.165, 1.54) is 38.2 Å². The Bertz CT molecular complexity index is 1720. The van der Waals surface area contributed by atoms with Crippen molar-refractivity contribution in [3.63, 3.8) is 0 Å². The quantitative estimate of drug-likeness (QED) is 0.0879. The van der Waals surface area contributed by atoms with Crippen LogP contribution in [0.4, 0.5) is 0 Å². The van der Waals surface area contributed by atoms with Gasteiger partial charge in [0.25, 0.3) is 0 Å². The Morgan fingerprint density at radius 1 is 0.957 bits per heavy atom. The van der Waals surface area contributed by atoms with E-state index >= 15 is 0 Å². The smallest absolute Gasteiger partial charge is 0.248 e. The third kappa shape index (κ3) is 9.19. The van der Waals surface area contributed by atoms with E-state index in [1.807, 2.05) is 60.7 Å². The maximum Gasteiger partial charge on any atom is 0.248 e. The van der Waals surface area contributed by atoms with Gasteiger partial charge in [-0.2, -0.15) is 0 Å². The van der Waals surface area contributed by atoms with Crippen molar-refractivity contribution in [2.75, 3.05) is 26.7 Å². The fraction of sp³-hybridized carbons (Fsp3) is 0.385. The van der Waals surface area contributed by atoms with Crippen LogP contribution in [-0.4, -0.2) is 51.8 Å². The normalized spacial score (nSPS) is 14.4. The number of benzene rings is 2. The molecular formula is C39H48N4O4. The lowest BCUT2D eigenvalue weighted by molar-refractivity contribution is 0.0890. The molecule has 2 aromatic carbocycles. The topological polar surface area (TPSA) is 115 Å². The summed E-state index contributed by atoms with van der Waals surface area (Å²) in [5.41, 5.74) is 1.46. The molecule has 4 aromatic rings. The molecular weight excluding hydrogens is 588 g/mol. The van der Waals surface area contributed by atoms with E-state index < -0.39 is 5.60 Å². The molecule has 1 unspecified atom stereocenters. The number of aromatic hydroxyl groups is 1. The van der Waals surface area contributed by atoms with Crippen molar-refractivity contribution >= 4 is 10.9 Å². The Morgan fingerprint density at radius 3 is 2.57 bits per heavy atom. The number of pyridine rings is 1. The molecule has 1 aliphatic carbocycles. The first-order valence-corrected chi connectivity index (χ1v) is 16.9. The second-order valence-corrected chi connectivity index (χ2v) is 12.5. The van der Waals surface area contributed by atoms with Gasteiger partial charge in [0.1, 0.15) is 11.5 Å². The van der Waals surface area contributed by atoms with Gasteiger partial charge < -0.3 is 24.9 Å². The summed E-state index contributed by atoms with van der Waals surface area (Å²) in [6, 6.07) is 16.5. The molecule has 0 spiro atoms. The van der Waals surface area contributed by atoms with Crippen molar-refractivity contribution in [2.24, 2.45) is 0 Å². The van der Waals surface area contributed by atoms with Gasteiger partial charge in [0.05, 0.1) is 18.3 Å². The maximum atomic E-state index is 12.0. The first kappa shape index (κ1) is 34.1. The Kier molecular flexibility index (Phi) is 12.4. The number of hydrogen-bond acceptors (Lipinski definition) is 7. The summed E-state index contributed by atoms with van der Waals surface area (Å²) in [5, 5.41) is 26.5. The van der Waals surface area contributed by atoms with Crippen LogP contribution in [0, 0.1) is 0 Å². The number of aromatic amines is 1. The number of aliphatic hydroxyl groups is 1. The van der Waals surface area contributed by atoms with Gasteiger partial charge in [-0.3, -0.25) is 9.69 Å². The fourth-order valence-corrected chi connectivity index (χ4v) is 6.21. The number of unbranched alkanes of at least 4 members (excludes halogenated alkanes) is 6. The molecule has 0 amide bonds. The van der Waals surface area contributed by atoms with E-state index in [0.717, 1.165) is 73.2 Å². The minimum atomic E-state index is -1.46. The molecule has 248 valence electrons. The molecule has 0 aliphatic heterocycles. The maximum absolute atomic E-state index is 12.0. The number of nitrogens with one attached hydrogen (secondary N) is 2. The molecule has 1 atom stereocenters. The molecule has 0 radical (unpaired) electrons. The predicted octanol–water partition coefficient (Wildman–Crippen LogP) is 6.89. The lowest BCUT2D eigenvalue weighted by Crippen LogP contribution is -2.29. The van der Waals surface area contributed by atoms with Gasteiger partial charge in [-0.15, -0.1) is 0 Å². The van der Waals surface area contributed by atoms with Crippen LogP contribution >= 0.6 is 0 Å². The molecule has 8 nitrogen and oxygen atoms in total. The highest BCUT2D eigenvalue weighted by molar-refractivity contribution is 5.87. The number of H-pyrrole nitrogens is 1. The van der Waals surface area contributed by atoms with Gasteiger partial charge in [-0.25, -0.2) is 4.98 Å². The van der Waals surface area contributed by atoms with Crippen LogP contribution in [0.2, 0.25) is 0 Å². The number of phenols is 1. The van der Waals surface area contributed by atoms with Crippen molar-refractivity contribution in [2.45, 2.75) is 69.9 Å². The third-order valence-corrected chi connectivity index (χ3v) is 8.82. The zero-order valence-corrected chi connectivity index (χ0v) is 27.5. The monoisotopic (exact) mass is 636 g/mol. The minimum Gasteiger partial charge on any atom is -0.506 e. The van der Waals surface area contributed by atoms with Gasteiger partial charge in [-0.05, 0) is 81.2 Å². The second-order valence-electron chi connectivity index (χ2n) is 12.5. The SMILES string of the molecule is CN(CCCCCCCCCNCCc1ccc(O)c2[nH]c(=O)ccc12)Cc1cnc(C(O)(C2=CCC=CC=C2)c2ccccc2)o1. The molecule has 2 aromatic heterocycles. The van der Waals surface area contributed by atoms with Crippen LogP contribution < -0.4 is 10.9 Å². The standard InChI is InChI=1S/C39H48N4O4/c1-43(29-33-28-41-38(47-33)39(46,32-18-12-9-13-19-32)31-16-10-5-6-11-17-31)27-15-8-4-2-3-7-14-25-40-26-24-30-20-22-35(44)37-34(30)21-23-36(45)42-37/h5-6,9-10,12-13,16-23,28,40,44,46H,2-4,7-8,11,14-15,24-27,29H2,1H3,(H,42,45). The zero-order chi connectivity index (χ0) is 32.9. The van der Waals surface area contributed by atoms with Gasteiger partial charge >= 0.3 is 0 Å². The summed E-state index contributed by atoms with van der Waals surface area (Å²) in [7, 11) is 2.10. The lowest BCUT2D eigenvalue weighted by atomic mass is 9.85. The van der Waals surface area contributed by atoms with Crippen molar-refractivity contribution < 1.29 is 14.6 Å². The van der Waals surface area contributed by atoms with E-state index in [-0.39, 0.29) is 11.3 Å². The number of phenolic OH excluding ortho intramolecular Hbond substituents is 1. The van der Waals surface area contributed by atoms with Crippen LogP contribution in [-0.2, 0) is 18.6 Å². The van der Waals surface area contributed by atoms with Crippen molar-refractivity contribution in [3.8, 4) is 5.75 Å². The van der Waals surface area contributed by atoms with E-state index in [0.29, 0.717) is 18.0 Å². The molecule has 1 aliphatic rings. The Morgan fingerprint density at radius 2 is 1.74 bits per heavy atom. The number of fused-ring (bicyclic) bond motifs is 1. The van der Waals surface area contributed by atoms with Crippen molar-refractivity contribution in [1.82, 2.24) is 20.2 Å². The molecule has 0 fully saturated rings. The van der Waals surface area contributed by atoms with Crippen LogP contribution in [0.3, 0.4) is 0 Å². The Hall–Kier alpha value is -4.24. The van der Waals surface area contributed by atoms with Crippen molar-refractivity contribution in [3.05, 3.63) is 130 Å². The molecule has 2 heterocycles. The van der Waals surface area contributed by atoms with Gasteiger partial charge in [0.15, 0.2) is 5.60 Å². The van der Waals surface area contributed by atoms with Gasteiger partial charge in [-0.1, -0.05) is 98.9 Å². The highest BCUT2D eigenvalue weighted by atomic mass is 16.4. The molecule has 47 heavy (non-hydrogen) atoms. The summed E-state index contributed by atoms with van der Waals surface area (Å²) in [5.74, 6) is 1.15. The Labute approximate surface area is 277 Å². The molecule has 0 saturated heterocycles. The van der Waals surface area contributed by atoms with E-state index in [4.69, 9.17) is 4.42 Å². The summed E-state index contributed by atoms with van der Waals surface area (Å²) in [6.07, 6.45) is 21.7. The lowest BCUT2D eigenvalue weighted by Gasteiger charge is -2.27. The van der Waals surface area contributed by atoms with Crippen LogP contribution in [0.5, 0.6) is 5.75 Å². The Balaban J connectivity index is 0.954. The van der Waals surface area contributed by atoms with Crippen LogP contribution in [0.25, 0.3) is 10.9 Å². The molecule has 8 heteroatoms. The van der Waals surface area contributed by atoms with E-state index in [1.54, 1.807) is 18.3 Å². The highest BCUT2D eigenvalue weighted by Gasteiger charge is 2.39.